The molecule has 1 amide bonds. The van der Waals surface area contributed by atoms with Crippen LogP contribution in [-0.2, 0) is 6.54 Å². The molecule has 1 aliphatic heterocycles. The maximum Gasteiger partial charge on any atom is 0.248 e. The topological polar surface area (TPSA) is 46.3 Å². The number of carbonyl (C=O) groups is 1. The Balaban J connectivity index is 1.50. The van der Waals surface area contributed by atoms with Gasteiger partial charge in [0.25, 0.3) is 0 Å². The van der Waals surface area contributed by atoms with Crippen LogP contribution in [0.3, 0.4) is 0 Å². The van der Waals surface area contributed by atoms with Crippen LogP contribution in [0.5, 0.6) is 0 Å². The number of rotatable bonds is 4. The number of amides is 1. The smallest absolute Gasteiger partial charge is 0.248 e. The molecule has 1 aliphatic rings. The van der Waals surface area contributed by atoms with Gasteiger partial charge in [0.05, 0.1) is 0 Å². The maximum absolute atomic E-state index is 11.7. The number of carbonyl (C=O) groups excluding carboxylic acids is 1. The molecule has 0 spiro atoms. The van der Waals surface area contributed by atoms with Crippen molar-refractivity contribution in [3.8, 4) is 0 Å². The number of hydrogen-bond donors (Lipinski definition) is 1. The molecule has 0 aliphatic carbocycles. The lowest BCUT2D eigenvalue weighted by atomic mass is 9.93. The van der Waals surface area contributed by atoms with Crippen LogP contribution < -0.4 is 5.73 Å². The van der Waals surface area contributed by atoms with Crippen molar-refractivity contribution in [1.29, 1.82) is 0 Å². The predicted octanol–water partition coefficient (Wildman–Crippen LogP) is 3.93. The highest BCUT2D eigenvalue weighted by Gasteiger charge is 2.26. The molecule has 4 rings (SSSR count). The van der Waals surface area contributed by atoms with Crippen molar-refractivity contribution in [2.45, 2.75) is 18.9 Å². The maximum atomic E-state index is 11.7. The van der Waals surface area contributed by atoms with E-state index in [2.05, 4.69) is 47.4 Å². The molecule has 1 heterocycles. The summed E-state index contributed by atoms with van der Waals surface area (Å²) < 4.78 is 0. The lowest BCUT2D eigenvalue weighted by Gasteiger charge is -2.17. The second-order valence-corrected chi connectivity index (χ2v) is 6.85. The van der Waals surface area contributed by atoms with E-state index >= 15 is 0 Å². The minimum Gasteiger partial charge on any atom is -0.366 e. The number of benzene rings is 3. The zero-order valence-electron chi connectivity index (χ0n) is 14.2. The number of nitrogens with two attached hydrogens (primary N) is 1. The summed E-state index contributed by atoms with van der Waals surface area (Å²) in [7, 11) is 0. The van der Waals surface area contributed by atoms with Crippen molar-refractivity contribution >= 4 is 16.7 Å². The third-order valence-electron chi connectivity index (χ3n) is 5.16. The first-order valence-corrected chi connectivity index (χ1v) is 8.79. The van der Waals surface area contributed by atoms with E-state index in [0.29, 0.717) is 11.5 Å². The number of primary amides is 1. The molecule has 3 nitrogen and oxygen atoms in total. The minimum absolute atomic E-state index is 0.330. The molecule has 0 radical (unpaired) electrons. The van der Waals surface area contributed by atoms with Crippen LogP contribution in [0.15, 0.2) is 66.7 Å². The molecule has 1 unspecified atom stereocenters. The SMILES string of the molecule is NC(=O)c1ccccc1C1CCN(Cc2ccc3ccccc3c2)C1. The first-order chi connectivity index (χ1) is 12.2. The normalized spacial score (nSPS) is 17.8. The van der Waals surface area contributed by atoms with Gasteiger partial charge in [-0.1, -0.05) is 54.6 Å². The van der Waals surface area contributed by atoms with Gasteiger partial charge >= 0.3 is 0 Å². The van der Waals surface area contributed by atoms with E-state index in [-0.39, 0.29) is 5.91 Å². The molecule has 0 saturated carbocycles. The van der Waals surface area contributed by atoms with E-state index in [1.165, 1.54) is 16.3 Å². The Morgan fingerprint density at radius 1 is 1.00 bits per heavy atom. The molecular formula is C22H22N2O. The fourth-order valence-corrected chi connectivity index (χ4v) is 3.90. The molecule has 3 heteroatoms. The van der Waals surface area contributed by atoms with Crippen LogP contribution in [0.2, 0.25) is 0 Å². The Morgan fingerprint density at radius 3 is 2.60 bits per heavy atom. The van der Waals surface area contributed by atoms with Crippen molar-refractivity contribution < 1.29 is 4.79 Å². The average Bonchev–Trinajstić information content (AvgIpc) is 3.10. The van der Waals surface area contributed by atoms with Gasteiger partial charge < -0.3 is 5.73 Å². The van der Waals surface area contributed by atoms with Gasteiger partial charge in [0.1, 0.15) is 0 Å². The summed E-state index contributed by atoms with van der Waals surface area (Å²) in [5.74, 6) is 0.0488. The summed E-state index contributed by atoms with van der Waals surface area (Å²) in [5, 5.41) is 2.57. The monoisotopic (exact) mass is 330 g/mol. The molecule has 0 aromatic heterocycles. The third-order valence-corrected chi connectivity index (χ3v) is 5.16. The summed E-state index contributed by atoms with van der Waals surface area (Å²) in [6.07, 6.45) is 1.07. The van der Waals surface area contributed by atoms with E-state index < -0.39 is 0 Å². The second-order valence-electron chi connectivity index (χ2n) is 6.85. The van der Waals surface area contributed by atoms with Crippen LogP contribution in [0.4, 0.5) is 0 Å². The van der Waals surface area contributed by atoms with Crippen molar-refractivity contribution in [3.05, 3.63) is 83.4 Å². The van der Waals surface area contributed by atoms with E-state index in [4.69, 9.17) is 5.73 Å². The standard InChI is InChI=1S/C22H22N2O/c23-22(25)21-8-4-3-7-20(21)19-11-12-24(15-19)14-16-9-10-17-5-1-2-6-18(17)13-16/h1-10,13,19H,11-12,14-15H2,(H2,23,25). The zero-order valence-corrected chi connectivity index (χ0v) is 14.2. The quantitative estimate of drug-likeness (QED) is 0.788. The van der Waals surface area contributed by atoms with Gasteiger partial charge in [-0.25, -0.2) is 0 Å². The fraction of sp³-hybridized carbons (Fsp3) is 0.227. The zero-order chi connectivity index (χ0) is 17.2. The second kappa shape index (κ2) is 6.69. The molecule has 126 valence electrons. The largest absolute Gasteiger partial charge is 0.366 e. The van der Waals surface area contributed by atoms with Crippen molar-refractivity contribution in [2.75, 3.05) is 13.1 Å². The minimum atomic E-state index is -0.330. The highest BCUT2D eigenvalue weighted by Crippen LogP contribution is 2.30. The van der Waals surface area contributed by atoms with Gasteiger partial charge in [0.15, 0.2) is 0 Å². The molecule has 1 saturated heterocycles. The van der Waals surface area contributed by atoms with Crippen molar-refractivity contribution in [1.82, 2.24) is 4.90 Å². The first-order valence-electron chi connectivity index (χ1n) is 8.79. The lowest BCUT2D eigenvalue weighted by molar-refractivity contribution is 0.0999. The van der Waals surface area contributed by atoms with E-state index in [9.17, 15) is 4.79 Å². The fourth-order valence-electron chi connectivity index (χ4n) is 3.90. The molecular weight excluding hydrogens is 308 g/mol. The molecule has 1 atom stereocenters. The third kappa shape index (κ3) is 3.28. The molecule has 3 aromatic rings. The number of likely N-dealkylation sites (tertiary alicyclic amines) is 1. The van der Waals surface area contributed by atoms with Crippen molar-refractivity contribution in [3.63, 3.8) is 0 Å². The Kier molecular flexibility index (Phi) is 4.24. The van der Waals surface area contributed by atoms with Crippen LogP contribution >= 0.6 is 0 Å². The molecule has 2 N–H and O–H groups in total. The Labute approximate surface area is 148 Å². The number of nitrogens with zero attached hydrogens (tertiary/aromatic N) is 1. The lowest BCUT2D eigenvalue weighted by Crippen LogP contribution is -2.21. The van der Waals surface area contributed by atoms with E-state index in [1.807, 2.05) is 24.3 Å². The van der Waals surface area contributed by atoms with Gasteiger partial charge in [-0.05, 0) is 52.9 Å². The summed E-state index contributed by atoms with van der Waals surface area (Å²) in [6, 6.07) is 22.9. The summed E-state index contributed by atoms with van der Waals surface area (Å²) >= 11 is 0. The van der Waals surface area contributed by atoms with E-state index in [0.717, 1.165) is 31.6 Å². The van der Waals surface area contributed by atoms with Gasteiger partial charge in [0.2, 0.25) is 5.91 Å². The van der Waals surface area contributed by atoms with Crippen LogP contribution in [0.25, 0.3) is 10.8 Å². The highest BCUT2D eigenvalue weighted by atomic mass is 16.1. The molecule has 1 fully saturated rings. The molecule has 0 bridgehead atoms. The van der Waals surface area contributed by atoms with Gasteiger partial charge in [0, 0.05) is 18.7 Å². The van der Waals surface area contributed by atoms with E-state index in [1.54, 1.807) is 0 Å². The first kappa shape index (κ1) is 15.9. The van der Waals surface area contributed by atoms with Gasteiger partial charge in [-0.2, -0.15) is 0 Å². The van der Waals surface area contributed by atoms with Crippen molar-refractivity contribution in [2.24, 2.45) is 5.73 Å². The Bertz CT molecular complexity index is 919. The number of fused-ring (bicyclic) bond motifs is 1. The summed E-state index contributed by atoms with van der Waals surface area (Å²) in [6.45, 7) is 2.96. The predicted molar refractivity (Wildman–Crippen MR) is 102 cm³/mol. The molecule has 3 aromatic carbocycles. The summed E-state index contributed by atoms with van der Waals surface area (Å²) in [4.78, 5) is 14.1. The average molecular weight is 330 g/mol. The van der Waals surface area contributed by atoms with Gasteiger partial charge in [-0.3, -0.25) is 9.69 Å². The summed E-state index contributed by atoms with van der Waals surface area (Å²) in [5.41, 5.74) is 8.64. The van der Waals surface area contributed by atoms with Gasteiger partial charge in [-0.15, -0.1) is 0 Å². The number of hydrogen-bond acceptors (Lipinski definition) is 2. The Morgan fingerprint density at radius 2 is 1.76 bits per heavy atom. The van der Waals surface area contributed by atoms with Crippen LogP contribution in [-0.4, -0.2) is 23.9 Å². The van der Waals surface area contributed by atoms with Crippen LogP contribution in [0, 0.1) is 0 Å². The molecule has 25 heavy (non-hydrogen) atoms. The Hall–Kier alpha value is -2.65. The van der Waals surface area contributed by atoms with Crippen LogP contribution in [0.1, 0.15) is 33.8 Å². The highest BCUT2D eigenvalue weighted by molar-refractivity contribution is 5.94.